The van der Waals surface area contributed by atoms with Crippen LogP contribution < -0.4 is 14.8 Å². The summed E-state index contributed by atoms with van der Waals surface area (Å²) in [6, 6.07) is 2.21. The van der Waals surface area contributed by atoms with E-state index in [1.54, 1.807) is 14.2 Å². The van der Waals surface area contributed by atoms with Gasteiger partial charge in [-0.1, -0.05) is 18.5 Å². The maximum absolute atomic E-state index is 6.45. The van der Waals surface area contributed by atoms with Gasteiger partial charge in [0.2, 0.25) is 0 Å². The van der Waals surface area contributed by atoms with Crippen LogP contribution >= 0.6 is 11.6 Å². The molecule has 1 aromatic rings. The van der Waals surface area contributed by atoms with Gasteiger partial charge in [-0.25, -0.2) is 0 Å². The second kappa shape index (κ2) is 6.49. The zero-order valence-corrected chi connectivity index (χ0v) is 12.6. The lowest BCUT2D eigenvalue weighted by Crippen LogP contribution is -2.27. The zero-order valence-electron chi connectivity index (χ0n) is 11.9. The molecule has 0 unspecified atom stereocenters. The summed E-state index contributed by atoms with van der Waals surface area (Å²) in [5, 5.41) is 4.00. The normalized spacial score (nSPS) is 16.4. The number of methoxy groups -OCH3 is 2. The number of rotatable bonds is 4. The summed E-state index contributed by atoms with van der Waals surface area (Å²) in [7, 11) is 3.33. The quantitative estimate of drug-likeness (QED) is 0.919. The van der Waals surface area contributed by atoms with Gasteiger partial charge >= 0.3 is 0 Å². The zero-order chi connectivity index (χ0) is 13.8. The summed E-state index contributed by atoms with van der Waals surface area (Å²) in [5.41, 5.74) is 2.38. The summed E-state index contributed by atoms with van der Waals surface area (Å²) < 4.78 is 11.0. The SMILES string of the molecule is CCc1cc(C2CCNCC2)c(OC)c(Cl)c1OC. The van der Waals surface area contributed by atoms with E-state index in [2.05, 4.69) is 18.3 Å². The van der Waals surface area contributed by atoms with Crippen LogP contribution in [0.3, 0.4) is 0 Å². The summed E-state index contributed by atoms with van der Waals surface area (Å²) in [4.78, 5) is 0. The van der Waals surface area contributed by atoms with Gasteiger partial charge in [0, 0.05) is 0 Å². The average molecular weight is 284 g/mol. The van der Waals surface area contributed by atoms with Crippen LogP contribution in [0.15, 0.2) is 6.07 Å². The number of nitrogens with one attached hydrogen (secondary N) is 1. The Balaban J connectivity index is 2.49. The third kappa shape index (κ3) is 2.82. The fraction of sp³-hybridized carbons (Fsp3) is 0.600. The van der Waals surface area contributed by atoms with Gasteiger partial charge in [-0.15, -0.1) is 0 Å². The van der Waals surface area contributed by atoms with Gasteiger partial charge in [0.05, 0.1) is 14.2 Å². The van der Waals surface area contributed by atoms with Gasteiger partial charge in [0.25, 0.3) is 0 Å². The van der Waals surface area contributed by atoms with Gasteiger partial charge in [-0.3, -0.25) is 0 Å². The van der Waals surface area contributed by atoms with Crippen molar-refractivity contribution in [3.63, 3.8) is 0 Å². The molecule has 1 N–H and O–H groups in total. The Bertz CT molecular complexity index is 442. The first kappa shape index (κ1) is 14.5. The molecule has 3 nitrogen and oxygen atoms in total. The molecule has 106 valence electrons. The Hall–Kier alpha value is -0.930. The number of hydrogen-bond acceptors (Lipinski definition) is 3. The Morgan fingerprint density at radius 2 is 1.84 bits per heavy atom. The number of aryl methyl sites for hydroxylation is 1. The van der Waals surface area contributed by atoms with E-state index in [4.69, 9.17) is 21.1 Å². The maximum Gasteiger partial charge on any atom is 0.144 e. The Kier molecular flexibility index (Phi) is 4.94. The van der Waals surface area contributed by atoms with Gasteiger partial charge in [0.15, 0.2) is 0 Å². The molecule has 0 amide bonds. The summed E-state index contributed by atoms with van der Waals surface area (Å²) in [6.45, 7) is 4.23. The minimum absolute atomic E-state index is 0.518. The van der Waals surface area contributed by atoms with Gasteiger partial charge < -0.3 is 14.8 Å². The predicted octanol–water partition coefficient (Wildman–Crippen LogP) is 3.39. The molecule has 0 aliphatic carbocycles. The summed E-state index contributed by atoms with van der Waals surface area (Å²) in [5.74, 6) is 2.05. The third-order valence-electron chi connectivity index (χ3n) is 3.85. The van der Waals surface area contributed by atoms with Crippen LogP contribution in [-0.4, -0.2) is 27.3 Å². The van der Waals surface area contributed by atoms with Gasteiger partial charge in [-0.2, -0.15) is 0 Å². The maximum atomic E-state index is 6.45. The average Bonchev–Trinajstić information content (AvgIpc) is 2.47. The van der Waals surface area contributed by atoms with Crippen molar-refractivity contribution in [2.24, 2.45) is 0 Å². The first-order valence-electron chi connectivity index (χ1n) is 6.86. The number of halogens is 1. The Labute approximate surface area is 120 Å². The lowest BCUT2D eigenvalue weighted by atomic mass is 9.88. The van der Waals surface area contributed by atoms with Crippen molar-refractivity contribution in [2.45, 2.75) is 32.1 Å². The molecular weight excluding hydrogens is 262 g/mol. The van der Waals surface area contributed by atoms with Crippen LogP contribution in [0, 0.1) is 0 Å². The van der Waals surface area contributed by atoms with E-state index in [1.165, 1.54) is 5.56 Å². The van der Waals surface area contributed by atoms with E-state index in [-0.39, 0.29) is 0 Å². The van der Waals surface area contributed by atoms with E-state index in [0.29, 0.717) is 10.9 Å². The smallest absolute Gasteiger partial charge is 0.144 e. The summed E-state index contributed by atoms with van der Waals surface area (Å²) >= 11 is 6.45. The molecule has 0 radical (unpaired) electrons. The van der Waals surface area contributed by atoms with Crippen molar-refractivity contribution in [1.29, 1.82) is 0 Å². The second-order valence-electron chi connectivity index (χ2n) is 4.88. The van der Waals surface area contributed by atoms with Crippen LogP contribution in [-0.2, 0) is 6.42 Å². The van der Waals surface area contributed by atoms with Gasteiger partial charge in [0.1, 0.15) is 16.5 Å². The highest BCUT2D eigenvalue weighted by atomic mass is 35.5. The molecule has 0 bridgehead atoms. The van der Waals surface area contributed by atoms with Crippen LogP contribution in [0.2, 0.25) is 5.02 Å². The predicted molar refractivity (Wildman–Crippen MR) is 78.8 cm³/mol. The van der Waals surface area contributed by atoms with Crippen molar-refractivity contribution < 1.29 is 9.47 Å². The molecule has 0 saturated carbocycles. The number of ether oxygens (including phenoxy) is 2. The number of hydrogen-bond donors (Lipinski definition) is 1. The minimum Gasteiger partial charge on any atom is -0.495 e. The molecule has 1 heterocycles. The van der Waals surface area contributed by atoms with Crippen molar-refractivity contribution in [1.82, 2.24) is 5.32 Å². The first-order valence-corrected chi connectivity index (χ1v) is 7.24. The van der Waals surface area contributed by atoms with E-state index in [1.807, 2.05) is 0 Å². The van der Waals surface area contributed by atoms with E-state index in [0.717, 1.165) is 49.4 Å². The fourth-order valence-corrected chi connectivity index (χ4v) is 3.20. The summed E-state index contributed by atoms with van der Waals surface area (Å²) in [6.07, 6.45) is 3.16. The standard InChI is InChI=1S/C15H22ClNO2/c1-4-10-9-12(11-5-7-17-8-6-11)15(19-3)13(16)14(10)18-2/h9,11,17H,4-8H2,1-3H3. The second-order valence-corrected chi connectivity index (χ2v) is 5.26. The van der Waals surface area contributed by atoms with E-state index in [9.17, 15) is 0 Å². The van der Waals surface area contributed by atoms with E-state index < -0.39 is 0 Å². The number of piperidine rings is 1. The molecule has 19 heavy (non-hydrogen) atoms. The third-order valence-corrected chi connectivity index (χ3v) is 4.19. The van der Waals surface area contributed by atoms with Crippen LogP contribution in [0.1, 0.15) is 36.8 Å². The Morgan fingerprint density at radius 1 is 1.21 bits per heavy atom. The molecule has 4 heteroatoms. The van der Waals surface area contributed by atoms with Crippen molar-refractivity contribution in [3.8, 4) is 11.5 Å². The highest BCUT2D eigenvalue weighted by Gasteiger charge is 2.24. The molecule has 1 aliphatic rings. The molecule has 2 rings (SSSR count). The number of benzene rings is 1. The molecular formula is C15H22ClNO2. The molecule has 1 aliphatic heterocycles. The van der Waals surface area contributed by atoms with Crippen molar-refractivity contribution in [2.75, 3.05) is 27.3 Å². The van der Waals surface area contributed by atoms with Crippen LogP contribution in [0.25, 0.3) is 0 Å². The largest absolute Gasteiger partial charge is 0.495 e. The molecule has 0 aromatic heterocycles. The van der Waals surface area contributed by atoms with Gasteiger partial charge in [-0.05, 0) is 55.5 Å². The van der Waals surface area contributed by atoms with Crippen LogP contribution in [0.4, 0.5) is 0 Å². The minimum atomic E-state index is 0.518. The molecule has 1 fully saturated rings. The molecule has 1 saturated heterocycles. The molecule has 0 atom stereocenters. The highest BCUT2D eigenvalue weighted by molar-refractivity contribution is 6.33. The van der Waals surface area contributed by atoms with Crippen molar-refractivity contribution in [3.05, 3.63) is 22.2 Å². The first-order chi connectivity index (χ1) is 9.22. The molecule has 0 spiro atoms. The monoisotopic (exact) mass is 283 g/mol. The lowest BCUT2D eigenvalue weighted by Gasteiger charge is -2.26. The molecule has 1 aromatic carbocycles. The van der Waals surface area contributed by atoms with E-state index >= 15 is 0 Å². The van der Waals surface area contributed by atoms with Crippen LogP contribution in [0.5, 0.6) is 11.5 Å². The highest BCUT2D eigenvalue weighted by Crippen LogP contribution is 2.44. The fourth-order valence-electron chi connectivity index (χ4n) is 2.82. The lowest BCUT2D eigenvalue weighted by molar-refractivity contribution is 0.378. The Morgan fingerprint density at radius 3 is 2.37 bits per heavy atom. The topological polar surface area (TPSA) is 30.5 Å². The van der Waals surface area contributed by atoms with Crippen molar-refractivity contribution >= 4 is 11.6 Å².